The zero-order valence-electron chi connectivity index (χ0n) is 16.7. The fraction of sp³-hybridized carbons (Fsp3) is 0.364. The van der Waals surface area contributed by atoms with Gasteiger partial charge < -0.3 is 15.7 Å². The second-order valence-corrected chi connectivity index (χ2v) is 8.89. The Bertz CT molecular complexity index is 945. The van der Waals surface area contributed by atoms with Gasteiger partial charge in [-0.05, 0) is 34.5 Å². The lowest BCUT2D eigenvalue weighted by atomic mass is 9.85. The summed E-state index contributed by atoms with van der Waals surface area (Å²) in [6.45, 7) is 0.565. The number of rotatable bonds is 7. The van der Waals surface area contributed by atoms with E-state index in [-0.39, 0.29) is 17.3 Å². The fourth-order valence-electron chi connectivity index (χ4n) is 4.27. The van der Waals surface area contributed by atoms with Crippen LogP contribution in [0.25, 0.3) is 10.8 Å². The summed E-state index contributed by atoms with van der Waals surface area (Å²) in [5.74, 6) is 0.210. The van der Waals surface area contributed by atoms with Crippen molar-refractivity contribution < 1.29 is 5.11 Å². The van der Waals surface area contributed by atoms with Crippen LogP contribution in [-0.4, -0.2) is 45.7 Å². The van der Waals surface area contributed by atoms with Crippen molar-refractivity contribution in [2.24, 2.45) is 11.7 Å². The van der Waals surface area contributed by atoms with Crippen LogP contribution in [0.5, 0.6) is 0 Å². The third-order valence-electron chi connectivity index (χ3n) is 5.85. The largest absolute Gasteiger partial charge is 0.369 e. The first-order chi connectivity index (χ1) is 14.5. The molecule has 5 N–H and O–H groups in total. The highest BCUT2D eigenvalue weighted by atomic mass is 35.5. The molecule has 0 saturated carbocycles. The maximum Gasteiger partial charge on any atom is 0.153 e. The van der Waals surface area contributed by atoms with Gasteiger partial charge in [-0.3, -0.25) is 5.43 Å². The molecule has 2 aromatic carbocycles. The van der Waals surface area contributed by atoms with Gasteiger partial charge in [-0.15, -0.1) is 11.6 Å². The highest BCUT2D eigenvalue weighted by molar-refractivity contribution is 6.21. The lowest BCUT2D eigenvalue weighted by molar-refractivity contribution is 0.0193. The predicted molar refractivity (Wildman–Crippen MR) is 122 cm³/mol. The highest BCUT2D eigenvalue weighted by Crippen LogP contribution is 2.41. The van der Waals surface area contributed by atoms with E-state index in [4.69, 9.17) is 29.1 Å². The van der Waals surface area contributed by atoms with Crippen LogP contribution >= 0.6 is 23.4 Å². The van der Waals surface area contributed by atoms with E-state index in [2.05, 4.69) is 29.1 Å². The van der Waals surface area contributed by atoms with Gasteiger partial charge in [-0.2, -0.15) is 4.42 Å². The highest BCUT2D eigenvalue weighted by Gasteiger charge is 2.39. The smallest absolute Gasteiger partial charge is 0.153 e. The minimum Gasteiger partial charge on any atom is -0.369 e. The maximum absolute atomic E-state index is 11.4. The molecule has 0 saturated heterocycles. The van der Waals surface area contributed by atoms with E-state index in [1.54, 1.807) is 7.05 Å². The molecule has 1 heterocycles. The molecule has 2 aromatic rings. The summed E-state index contributed by atoms with van der Waals surface area (Å²) in [7, 11) is 1.68. The topological polar surface area (TPSA) is 76.8 Å². The Morgan fingerprint density at radius 2 is 2.00 bits per heavy atom. The maximum atomic E-state index is 11.4. The van der Waals surface area contributed by atoms with Crippen LogP contribution in [0.1, 0.15) is 18.2 Å². The number of aliphatic hydroxyl groups is 1. The number of hydrogen-bond acceptors (Lipinski definition) is 6. The minimum atomic E-state index is -0.762. The Balaban J connectivity index is 1.59. The number of benzene rings is 2. The van der Waals surface area contributed by atoms with Gasteiger partial charge in [0, 0.05) is 31.3 Å². The third-order valence-corrected chi connectivity index (χ3v) is 6.39. The van der Waals surface area contributed by atoms with Gasteiger partial charge in [0.2, 0.25) is 0 Å². The Morgan fingerprint density at radius 1 is 1.23 bits per heavy atom. The van der Waals surface area contributed by atoms with E-state index in [1.807, 2.05) is 47.5 Å². The first kappa shape index (κ1) is 21.6. The predicted octanol–water partition coefficient (Wildman–Crippen LogP) is 3.00. The van der Waals surface area contributed by atoms with E-state index >= 15 is 0 Å². The van der Waals surface area contributed by atoms with Crippen LogP contribution in [0.2, 0.25) is 0 Å². The van der Waals surface area contributed by atoms with Crippen molar-refractivity contribution in [1.82, 2.24) is 20.2 Å². The van der Waals surface area contributed by atoms with Gasteiger partial charge in [0.15, 0.2) is 6.23 Å². The van der Waals surface area contributed by atoms with Crippen LogP contribution in [0.4, 0.5) is 0 Å². The Morgan fingerprint density at radius 3 is 2.80 bits per heavy atom. The van der Waals surface area contributed by atoms with Crippen LogP contribution in [-0.2, 0) is 0 Å². The average Bonchev–Trinajstić information content (AvgIpc) is 3.10. The Labute approximate surface area is 187 Å². The van der Waals surface area contributed by atoms with E-state index in [0.29, 0.717) is 6.54 Å². The van der Waals surface area contributed by atoms with E-state index in [0.717, 1.165) is 28.3 Å². The summed E-state index contributed by atoms with van der Waals surface area (Å²) in [5, 5.41) is 13.5. The zero-order valence-corrected chi connectivity index (χ0v) is 18.3. The molecule has 0 spiro atoms. The molecule has 5 unspecified atom stereocenters. The Kier molecular flexibility index (Phi) is 6.65. The van der Waals surface area contributed by atoms with Gasteiger partial charge in [0.05, 0.1) is 11.4 Å². The number of allylic oxidation sites excluding steroid dienone is 1. The molecule has 160 valence electrons. The lowest BCUT2D eigenvalue weighted by Gasteiger charge is -2.35. The number of halogens is 2. The monoisotopic (exact) mass is 447 g/mol. The SMILES string of the molecule is CN(Cl)C(N)NNCC1=CN(C(O)c2cccc3ccccc23)C2C=CC(Cl)CC12. The quantitative estimate of drug-likeness (QED) is 0.172. The van der Waals surface area contributed by atoms with Crippen molar-refractivity contribution >= 4 is 34.2 Å². The van der Waals surface area contributed by atoms with Gasteiger partial charge in [-0.1, -0.05) is 54.6 Å². The first-order valence-electron chi connectivity index (χ1n) is 10.0. The molecule has 5 atom stereocenters. The van der Waals surface area contributed by atoms with Crippen molar-refractivity contribution in [3.8, 4) is 0 Å². The van der Waals surface area contributed by atoms with Gasteiger partial charge in [0.1, 0.15) is 6.29 Å². The van der Waals surface area contributed by atoms with Crippen molar-refractivity contribution in [3.05, 3.63) is 72.0 Å². The summed E-state index contributed by atoms with van der Waals surface area (Å²) < 4.78 is 1.35. The molecule has 0 amide bonds. The second kappa shape index (κ2) is 9.24. The molecule has 4 rings (SSSR count). The molecule has 2 aliphatic rings. The second-order valence-electron chi connectivity index (χ2n) is 7.79. The number of hydrogen-bond donors (Lipinski definition) is 4. The molecular weight excluding hydrogens is 421 g/mol. The van der Waals surface area contributed by atoms with Crippen LogP contribution in [0, 0.1) is 5.92 Å². The number of hydrazine groups is 1. The molecule has 1 aliphatic carbocycles. The standard InChI is InChI=1S/C22H27Cl2N5O/c1-28(24)22(25)27-26-12-15-13-29(20-10-9-16(23)11-19(15)20)21(30)18-8-4-6-14-5-2-3-7-17(14)18/h2-10,13,16,19-22,26-27,30H,11-12,25H2,1H3. The molecule has 6 nitrogen and oxygen atoms in total. The van der Waals surface area contributed by atoms with Gasteiger partial charge >= 0.3 is 0 Å². The normalized spacial score (nSPS) is 25.5. The summed E-state index contributed by atoms with van der Waals surface area (Å²) in [6.07, 6.45) is 5.71. The van der Waals surface area contributed by atoms with Crippen molar-refractivity contribution in [2.75, 3.05) is 13.6 Å². The van der Waals surface area contributed by atoms with Crippen LogP contribution in [0.3, 0.4) is 0 Å². The van der Waals surface area contributed by atoms with Crippen molar-refractivity contribution in [3.63, 3.8) is 0 Å². The van der Waals surface area contributed by atoms with Crippen molar-refractivity contribution in [2.45, 2.75) is 30.4 Å². The third kappa shape index (κ3) is 4.36. The van der Waals surface area contributed by atoms with E-state index in [9.17, 15) is 5.11 Å². The number of nitrogens with one attached hydrogen (secondary N) is 2. The molecule has 30 heavy (non-hydrogen) atoms. The average molecular weight is 448 g/mol. The van der Waals surface area contributed by atoms with E-state index < -0.39 is 12.5 Å². The zero-order chi connectivity index (χ0) is 21.3. The molecule has 0 aromatic heterocycles. The minimum absolute atomic E-state index is 0.0199. The molecule has 8 heteroatoms. The van der Waals surface area contributed by atoms with Gasteiger partial charge in [0.25, 0.3) is 0 Å². The summed E-state index contributed by atoms with van der Waals surface area (Å²) in [6, 6.07) is 14.2. The van der Waals surface area contributed by atoms with Crippen molar-refractivity contribution in [1.29, 1.82) is 0 Å². The molecule has 0 radical (unpaired) electrons. The lowest BCUT2D eigenvalue weighted by Crippen LogP contribution is -2.53. The first-order valence-corrected chi connectivity index (χ1v) is 10.8. The van der Waals surface area contributed by atoms with Crippen LogP contribution in [0.15, 0.2) is 66.4 Å². The summed E-state index contributed by atoms with van der Waals surface area (Å²) >= 11 is 12.3. The van der Waals surface area contributed by atoms with Gasteiger partial charge in [-0.25, -0.2) is 5.43 Å². The summed E-state index contributed by atoms with van der Waals surface area (Å²) in [5.41, 5.74) is 14.0. The number of nitrogens with zero attached hydrogens (tertiary/aromatic N) is 2. The molecule has 0 fully saturated rings. The number of aliphatic hydroxyl groups excluding tert-OH is 1. The Hall–Kier alpha value is -1.64. The summed E-state index contributed by atoms with van der Waals surface area (Å²) in [4.78, 5) is 2.02. The fourth-order valence-corrected chi connectivity index (χ4v) is 4.60. The molecule has 0 bridgehead atoms. The number of alkyl halides is 1. The molecule has 1 aliphatic heterocycles. The van der Waals surface area contributed by atoms with E-state index in [1.165, 1.54) is 4.42 Å². The number of nitrogens with two attached hydrogens (primary N) is 1. The molecular formula is C22H27Cl2N5O. The van der Waals surface area contributed by atoms with Crippen LogP contribution < -0.4 is 16.6 Å². The number of fused-ring (bicyclic) bond motifs is 2.